The largest absolute Gasteiger partial charge is 0.292 e. The second-order valence-corrected chi connectivity index (χ2v) is 5.95. The van der Waals surface area contributed by atoms with Crippen molar-refractivity contribution in [3.05, 3.63) is 67.9 Å². The van der Waals surface area contributed by atoms with Crippen LogP contribution in [0.1, 0.15) is 21.8 Å². The van der Waals surface area contributed by atoms with E-state index in [1.807, 2.05) is 6.07 Å². The number of nitriles is 1. The predicted molar refractivity (Wildman–Crippen MR) is 83.2 cm³/mol. The molecule has 2 aromatic rings. The van der Waals surface area contributed by atoms with Gasteiger partial charge in [-0.1, -0.05) is 45.2 Å². The van der Waals surface area contributed by atoms with E-state index in [4.69, 9.17) is 23.2 Å². The number of nitrogens with zero attached hydrogens (tertiary/aromatic N) is 1. The van der Waals surface area contributed by atoms with Gasteiger partial charge in [-0.05, 0) is 30.3 Å². The number of hydrogen-bond donors (Lipinski definition) is 0. The number of Topliss-reactive ketones (excluding diaryl/α,β-unsaturated/α-hetero) is 1. The average molecular weight is 387 g/mol. The zero-order valence-corrected chi connectivity index (χ0v) is 13.5. The standard InChI is InChI=1S/C15H7BrCl2FNO/c16-9-4-8(5-10(19)6-9)15(21)11(7-20)14-12(17)2-1-3-13(14)18/h1-6,11H. The van der Waals surface area contributed by atoms with Crippen LogP contribution in [0.15, 0.2) is 40.9 Å². The van der Waals surface area contributed by atoms with Gasteiger partial charge in [0.25, 0.3) is 0 Å². The monoisotopic (exact) mass is 385 g/mol. The summed E-state index contributed by atoms with van der Waals surface area (Å²) in [5.41, 5.74) is 0.304. The number of ketones is 1. The van der Waals surface area contributed by atoms with Crippen molar-refractivity contribution in [1.82, 2.24) is 0 Å². The highest BCUT2D eigenvalue weighted by molar-refractivity contribution is 9.10. The van der Waals surface area contributed by atoms with Gasteiger partial charge in [0.2, 0.25) is 0 Å². The Balaban J connectivity index is 2.52. The molecule has 0 fully saturated rings. The minimum atomic E-state index is -1.19. The minimum Gasteiger partial charge on any atom is -0.292 e. The third kappa shape index (κ3) is 3.44. The molecule has 0 aliphatic rings. The van der Waals surface area contributed by atoms with E-state index < -0.39 is 17.5 Å². The average Bonchev–Trinajstić information content (AvgIpc) is 2.41. The van der Waals surface area contributed by atoms with Gasteiger partial charge >= 0.3 is 0 Å². The SMILES string of the molecule is N#CC(C(=O)c1cc(F)cc(Br)c1)c1c(Cl)cccc1Cl. The zero-order chi connectivity index (χ0) is 15.6. The molecule has 0 saturated carbocycles. The first-order chi connectivity index (χ1) is 9.93. The van der Waals surface area contributed by atoms with Crippen LogP contribution < -0.4 is 0 Å². The summed E-state index contributed by atoms with van der Waals surface area (Å²) < 4.78 is 13.8. The van der Waals surface area contributed by atoms with Gasteiger partial charge in [-0.25, -0.2) is 4.39 Å². The van der Waals surface area contributed by atoms with E-state index in [-0.39, 0.29) is 21.2 Å². The van der Waals surface area contributed by atoms with Crippen LogP contribution in [0.25, 0.3) is 0 Å². The smallest absolute Gasteiger partial charge is 0.184 e. The van der Waals surface area contributed by atoms with Gasteiger partial charge in [-0.3, -0.25) is 4.79 Å². The van der Waals surface area contributed by atoms with Crippen molar-refractivity contribution in [2.24, 2.45) is 0 Å². The summed E-state index contributed by atoms with van der Waals surface area (Å²) >= 11 is 15.2. The summed E-state index contributed by atoms with van der Waals surface area (Å²) in [4.78, 5) is 12.5. The Labute approximate surface area is 139 Å². The van der Waals surface area contributed by atoms with Crippen molar-refractivity contribution in [1.29, 1.82) is 5.26 Å². The van der Waals surface area contributed by atoms with E-state index in [9.17, 15) is 14.4 Å². The van der Waals surface area contributed by atoms with Crippen LogP contribution >= 0.6 is 39.1 Å². The maximum absolute atomic E-state index is 13.4. The Morgan fingerprint density at radius 1 is 1.24 bits per heavy atom. The first-order valence-electron chi connectivity index (χ1n) is 5.78. The summed E-state index contributed by atoms with van der Waals surface area (Å²) in [7, 11) is 0. The van der Waals surface area contributed by atoms with Crippen LogP contribution in [0.3, 0.4) is 0 Å². The Morgan fingerprint density at radius 2 is 1.86 bits per heavy atom. The van der Waals surface area contributed by atoms with Crippen LogP contribution in [0.2, 0.25) is 10.0 Å². The lowest BCUT2D eigenvalue weighted by Gasteiger charge is -2.12. The minimum absolute atomic E-state index is 0.0735. The summed E-state index contributed by atoms with van der Waals surface area (Å²) in [5, 5.41) is 9.75. The molecule has 0 radical (unpaired) electrons. The highest BCUT2D eigenvalue weighted by atomic mass is 79.9. The molecule has 1 atom stereocenters. The first-order valence-corrected chi connectivity index (χ1v) is 7.32. The molecule has 0 amide bonds. The van der Waals surface area contributed by atoms with Crippen LogP contribution in [0.4, 0.5) is 4.39 Å². The van der Waals surface area contributed by atoms with Crippen molar-refractivity contribution in [2.75, 3.05) is 0 Å². The molecule has 0 heterocycles. The third-order valence-corrected chi connectivity index (χ3v) is 3.94. The van der Waals surface area contributed by atoms with E-state index >= 15 is 0 Å². The lowest BCUT2D eigenvalue weighted by molar-refractivity contribution is 0.0978. The molecule has 1 unspecified atom stereocenters. The molecule has 2 nitrogen and oxygen atoms in total. The molecule has 0 N–H and O–H groups in total. The summed E-state index contributed by atoms with van der Waals surface area (Å²) in [6.07, 6.45) is 0. The van der Waals surface area contributed by atoms with Gasteiger partial charge in [0.15, 0.2) is 5.78 Å². The molecule has 0 bridgehead atoms. The van der Waals surface area contributed by atoms with Crippen LogP contribution in [-0.2, 0) is 0 Å². The number of carbonyl (C=O) groups excluding carboxylic acids is 1. The van der Waals surface area contributed by atoms with Crippen molar-refractivity contribution in [3.63, 3.8) is 0 Å². The van der Waals surface area contributed by atoms with Crippen molar-refractivity contribution < 1.29 is 9.18 Å². The van der Waals surface area contributed by atoms with Gasteiger partial charge in [-0.15, -0.1) is 0 Å². The Hall–Kier alpha value is -1.41. The molecule has 0 aromatic heterocycles. The summed E-state index contributed by atoms with van der Waals surface area (Å²) in [6.45, 7) is 0. The van der Waals surface area contributed by atoms with Crippen LogP contribution in [-0.4, -0.2) is 5.78 Å². The predicted octanol–water partition coefficient (Wildman–Crippen LogP) is 5.39. The molecule has 2 aromatic carbocycles. The second-order valence-electron chi connectivity index (χ2n) is 4.22. The number of hydrogen-bond acceptors (Lipinski definition) is 2. The number of halogens is 4. The van der Waals surface area contributed by atoms with Crippen LogP contribution in [0, 0.1) is 17.1 Å². The van der Waals surface area contributed by atoms with Gasteiger partial charge in [-0.2, -0.15) is 5.26 Å². The Kier molecular flexibility index (Phi) is 5.00. The summed E-state index contributed by atoms with van der Waals surface area (Å²) in [6, 6.07) is 10.3. The van der Waals surface area contributed by atoms with E-state index in [0.29, 0.717) is 4.47 Å². The first kappa shape index (κ1) is 16.0. The lowest BCUT2D eigenvalue weighted by Crippen LogP contribution is -2.12. The lowest BCUT2D eigenvalue weighted by atomic mass is 9.91. The Morgan fingerprint density at radius 3 is 2.38 bits per heavy atom. The van der Waals surface area contributed by atoms with Gasteiger partial charge < -0.3 is 0 Å². The van der Waals surface area contributed by atoms with Gasteiger partial charge in [0, 0.05) is 25.6 Å². The molecule has 21 heavy (non-hydrogen) atoms. The molecule has 0 aliphatic carbocycles. The fourth-order valence-electron chi connectivity index (χ4n) is 1.90. The van der Waals surface area contributed by atoms with Crippen molar-refractivity contribution in [2.45, 2.75) is 5.92 Å². The molecule has 0 saturated heterocycles. The number of carbonyl (C=O) groups is 1. The maximum Gasteiger partial charge on any atom is 0.184 e. The van der Waals surface area contributed by atoms with Gasteiger partial charge in [0.05, 0.1) is 6.07 Å². The third-order valence-electron chi connectivity index (χ3n) is 2.83. The van der Waals surface area contributed by atoms with E-state index in [1.165, 1.54) is 12.1 Å². The van der Waals surface area contributed by atoms with E-state index in [1.54, 1.807) is 18.2 Å². The quantitative estimate of drug-likeness (QED) is 0.664. The van der Waals surface area contributed by atoms with Crippen molar-refractivity contribution in [3.8, 4) is 6.07 Å². The van der Waals surface area contributed by atoms with E-state index in [0.717, 1.165) is 6.07 Å². The highest BCUT2D eigenvalue weighted by Gasteiger charge is 2.26. The number of benzene rings is 2. The molecule has 0 spiro atoms. The van der Waals surface area contributed by atoms with E-state index in [2.05, 4.69) is 15.9 Å². The summed E-state index contributed by atoms with van der Waals surface area (Å²) in [5.74, 6) is -2.33. The Bertz CT molecular complexity index is 717. The zero-order valence-electron chi connectivity index (χ0n) is 10.4. The molecular formula is C15H7BrCl2FNO. The number of rotatable bonds is 3. The second kappa shape index (κ2) is 6.57. The fourth-order valence-corrected chi connectivity index (χ4v) is 2.98. The van der Waals surface area contributed by atoms with Gasteiger partial charge in [0.1, 0.15) is 11.7 Å². The normalized spacial score (nSPS) is 11.8. The molecule has 0 aliphatic heterocycles. The topological polar surface area (TPSA) is 40.9 Å². The molecule has 2 rings (SSSR count). The molecule has 106 valence electrons. The molecule has 6 heteroatoms. The van der Waals surface area contributed by atoms with Crippen LogP contribution in [0.5, 0.6) is 0 Å². The molecular weight excluding hydrogens is 380 g/mol. The maximum atomic E-state index is 13.4. The highest BCUT2D eigenvalue weighted by Crippen LogP contribution is 2.33. The fraction of sp³-hybridized carbons (Fsp3) is 0.0667. The van der Waals surface area contributed by atoms with Crippen molar-refractivity contribution >= 4 is 44.9 Å².